The molecule has 3 unspecified atom stereocenters. The van der Waals surface area contributed by atoms with Crippen molar-refractivity contribution in [1.82, 2.24) is 20.9 Å². The molecule has 0 spiro atoms. The summed E-state index contributed by atoms with van der Waals surface area (Å²) in [5, 5.41) is 9.61. The van der Waals surface area contributed by atoms with Crippen molar-refractivity contribution < 1.29 is 9.59 Å². The van der Waals surface area contributed by atoms with Crippen LogP contribution in [0, 0.1) is 5.92 Å². The van der Waals surface area contributed by atoms with Crippen LogP contribution in [-0.4, -0.2) is 54.0 Å². The molecule has 0 aromatic carbocycles. The van der Waals surface area contributed by atoms with Crippen LogP contribution < -0.4 is 16.0 Å². The van der Waals surface area contributed by atoms with Crippen LogP contribution in [-0.2, 0) is 4.79 Å². The summed E-state index contributed by atoms with van der Waals surface area (Å²) < 4.78 is 0. The van der Waals surface area contributed by atoms with E-state index in [1.54, 1.807) is 6.92 Å². The third-order valence-electron chi connectivity index (χ3n) is 5.48. The first kappa shape index (κ1) is 24.0. The Hall–Kier alpha value is -1.06. The highest BCUT2D eigenvalue weighted by atomic mass is 127. The average Bonchev–Trinajstić information content (AvgIpc) is 2.82. The average molecular weight is 493 g/mol. The van der Waals surface area contributed by atoms with E-state index < -0.39 is 5.54 Å². The van der Waals surface area contributed by atoms with E-state index in [9.17, 15) is 9.59 Å². The predicted molar refractivity (Wildman–Crippen MR) is 120 cm³/mol. The summed E-state index contributed by atoms with van der Waals surface area (Å²) in [6, 6.07) is 0.192. The van der Waals surface area contributed by atoms with Crippen molar-refractivity contribution in [3.63, 3.8) is 0 Å². The lowest BCUT2D eigenvalue weighted by atomic mass is 9.87. The normalized spacial score (nSPS) is 28.6. The second-order valence-electron chi connectivity index (χ2n) is 7.80. The highest BCUT2D eigenvalue weighted by Gasteiger charge is 2.45. The Kier molecular flexibility index (Phi) is 9.83. The summed E-state index contributed by atoms with van der Waals surface area (Å²) in [5.74, 6) is 1.47. The summed E-state index contributed by atoms with van der Waals surface area (Å²) in [4.78, 5) is 30.3. The zero-order valence-corrected chi connectivity index (χ0v) is 19.5. The van der Waals surface area contributed by atoms with Crippen LogP contribution in [0.5, 0.6) is 0 Å². The number of hydrogen-bond donors (Lipinski definition) is 3. The number of aliphatic imine (C=N–C) groups is 1. The molecule has 1 aliphatic heterocycles. The third-order valence-corrected chi connectivity index (χ3v) is 5.48. The Morgan fingerprint density at radius 1 is 1.33 bits per heavy atom. The number of carbonyl (C=O) groups is 2. The van der Waals surface area contributed by atoms with Gasteiger partial charge in [-0.05, 0) is 45.4 Å². The molecule has 1 aliphatic carbocycles. The van der Waals surface area contributed by atoms with E-state index in [-0.39, 0.29) is 35.9 Å². The molecular formula is C19H36IN5O2. The minimum Gasteiger partial charge on any atom is -0.357 e. The molecule has 7 nitrogen and oxygen atoms in total. The van der Waals surface area contributed by atoms with E-state index in [0.717, 1.165) is 18.4 Å². The molecule has 8 heteroatoms. The molecule has 156 valence electrons. The molecule has 1 saturated carbocycles. The largest absolute Gasteiger partial charge is 0.357 e. The molecule has 3 N–H and O–H groups in total. The maximum Gasteiger partial charge on any atom is 0.325 e. The van der Waals surface area contributed by atoms with Gasteiger partial charge >= 0.3 is 6.03 Å². The monoisotopic (exact) mass is 493 g/mol. The van der Waals surface area contributed by atoms with Gasteiger partial charge in [-0.25, -0.2) is 4.79 Å². The summed E-state index contributed by atoms with van der Waals surface area (Å²) in [6.45, 7) is 9.85. The maximum atomic E-state index is 12.4. The van der Waals surface area contributed by atoms with E-state index >= 15 is 0 Å². The zero-order chi connectivity index (χ0) is 19.2. The quantitative estimate of drug-likeness (QED) is 0.167. The number of nitrogens with zero attached hydrogens (tertiary/aromatic N) is 2. The summed E-state index contributed by atoms with van der Waals surface area (Å²) in [5.41, 5.74) is -0.755. The van der Waals surface area contributed by atoms with E-state index in [0.29, 0.717) is 32.0 Å². The Labute approximate surface area is 180 Å². The first-order chi connectivity index (χ1) is 12.4. The lowest BCUT2D eigenvalue weighted by Crippen LogP contribution is -2.45. The maximum absolute atomic E-state index is 12.4. The summed E-state index contributed by atoms with van der Waals surface area (Å²) in [7, 11) is 0. The SMILES string of the molecule is CCNC(=NCCCN1C(=O)NC(C)(CC)C1=O)NC1CCCC(C)C1.I. The molecule has 0 aromatic rings. The Bertz CT molecular complexity index is 542. The topological polar surface area (TPSA) is 85.8 Å². The fraction of sp³-hybridized carbons (Fsp3) is 0.842. The van der Waals surface area contributed by atoms with Crippen molar-refractivity contribution in [1.29, 1.82) is 0 Å². The van der Waals surface area contributed by atoms with Crippen molar-refractivity contribution in [2.45, 2.75) is 77.8 Å². The van der Waals surface area contributed by atoms with Crippen molar-refractivity contribution in [3.8, 4) is 0 Å². The highest BCUT2D eigenvalue weighted by molar-refractivity contribution is 14.0. The molecule has 27 heavy (non-hydrogen) atoms. The molecule has 2 rings (SSSR count). The summed E-state index contributed by atoms with van der Waals surface area (Å²) >= 11 is 0. The minimum atomic E-state index is -0.755. The molecule has 0 aromatic heterocycles. The molecule has 1 saturated heterocycles. The van der Waals surface area contributed by atoms with E-state index in [1.807, 2.05) is 6.92 Å². The molecule has 3 amide bonds. The van der Waals surface area contributed by atoms with Gasteiger partial charge in [0.15, 0.2) is 5.96 Å². The van der Waals surface area contributed by atoms with Gasteiger partial charge in [0, 0.05) is 25.7 Å². The Morgan fingerprint density at radius 3 is 2.67 bits per heavy atom. The van der Waals surface area contributed by atoms with Gasteiger partial charge < -0.3 is 16.0 Å². The second kappa shape index (κ2) is 11.1. The number of guanidine groups is 1. The van der Waals surface area contributed by atoms with Gasteiger partial charge in [0.1, 0.15) is 5.54 Å². The Morgan fingerprint density at radius 2 is 2.07 bits per heavy atom. The van der Waals surface area contributed by atoms with Crippen molar-refractivity contribution in [2.24, 2.45) is 10.9 Å². The standard InChI is InChI=1S/C19H35N5O2.HI/c1-5-19(4)16(25)24(18(26)23-19)12-8-11-21-17(20-6-2)22-15-10-7-9-14(3)13-15;/h14-15H,5-13H2,1-4H3,(H,23,26)(H2,20,21,22);1H. The van der Waals surface area contributed by atoms with E-state index in [2.05, 4.69) is 34.8 Å². The number of amides is 3. The van der Waals surface area contributed by atoms with Crippen LogP contribution in [0.3, 0.4) is 0 Å². The van der Waals surface area contributed by atoms with Crippen LogP contribution in [0.25, 0.3) is 0 Å². The second-order valence-corrected chi connectivity index (χ2v) is 7.80. The molecule has 0 radical (unpaired) electrons. The number of carbonyl (C=O) groups excluding carboxylic acids is 2. The van der Waals surface area contributed by atoms with Gasteiger partial charge in [0.25, 0.3) is 5.91 Å². The molecule has 2 fully saturated rings. The first-order valence-corrected chi connectivity index (χ1v) is 10.1. The van der Waals surface area contributed by atoms with E-state index in [4.69, 9.17) is 0 Å². The van der Waals surface area contributed by atoms with Crippen LogP contribution in [0.15, 0.2) is 4.99 Å². The molecule has 3 atom stereocenters. The number of hydrogen-bond acceptors (Lipinski definition) is 3. The lowest BCUT2D eigenvalue weighted by Gasteiger charge is -2.28. The van der Waals surface area contributed by atoms with Crippen LogP contribution in [0.2, 0.25) is 0 Å². The van der Waals surface area contributed by atoms with Crippen LogP contribution in [0.1, 0.15) is 66.2 Å². The van der Waals surface area contributed by atoms with Crippen molar-refractivity contribution in [2.75, 3.05) is 19.6 Å². The smallest absolute Gasteiger partial charge is 0.325 e. The number of urea groups is 1. The van der Waals surface area contributed by atoms with Gasteiger partial charge in [-0.2, -0.15) is 0 Å². The zero-order valence-electron chi connectivity index (χ0n) is 17.1. The molecule has 2 aliphatic rings. The number of nitrogens with one attached hydrogen (secondary N) is 3. The fourth-order valence-corrected chi connectivity index (χ4v) is 3.69. The number of halogens is 1. The minimum absolute atomic E-state index is 0. The van der Waals surface area contributed by atoms with E-state index in [1.165, 1.54) is 30.6 Å². The Balaban J connectivity index is 0.00000364. The van der Waals surface area contributed by atoms with Crippen molar-refractivity contribution >= 4 is 41.9 Å². The predicted octanol–water partition coefficient (Wildman–Crippen LogP) is 2.85. The first-order valence-electron chi connectivity index (χ1n) is 10.1. The third kappa shape index (κ3) is 6.50. The highest BCUT2D eigenvalue weighted by Crippen LogP contribution is 2.23. The van der Waals surface area contributed by atoms with Gasteiger partial charge in [-0.3, -0.25) is 14.7 Å². The number of imide groups is 1. The van der Waals surface area contributed by atoms with Gasteiger partial charge in [-0.1, -0.05) is 26.7 Å². The van der Waals surface area contributed by atoms with Gasteiger partial charge in [-0.15, -0.1) is 24.0 Å². The fourth-order valence-electron chi connectivity index (χ4n) is 3.69. The molecule has 0 bridgehead atoms. The van der Waals surface area contributed by atoms with Gasteiger partial charge in [0.2, 0.25) is 0 Å². The van der Waals surface area contributed by atoms with Crippen LogP contribution in [0.4, 0.5) is 4.79 Å². The summed E-state index contributed by atoms with van der Waals surface area (Å²) in [6.07, 6.45) is 6.21. The van der Waals surface area contributed by atoms with Crippen molar-refractivity contribution in [3.05, 3.63) is 0 Å². The molecule has 1 heterocycles. The van der Waals surface area contributed by atoms with Gasteiger partial charge in [0.05, 0.1) is 0 Å². The number of rotatable bonds is 7. The van der Waals surface area contributed by atoms with Crippen LogP contribution >= 0.6 is 24.0 Å². The molecular weight excluding hydrogens is 457 g/mol. The lowest BCUT2D eigenvalue weighted by molar-refractivity contribution is -0.130.